The van der Waals surface area contributed by atoms with Crippen molar-refractivity contribution in [1.29, 1.82) is 0 Å². The van der Waals surface area contributed by atoms with E-state index in [9.17, 15) is 0 Å². The van der Waals surface area contributed by atoms with Crippen LogP contribution in [0.15, 0.2) is 194 Å². The highest BCUT2D eigenvalue weighted by Gasteiger charge is 2.35. The molecule has 2 heterocycles. The molecule has 2 aromatic heterocycles. The average molecular weight is 730 g/mol. The van der Waals surface area contributed by atoms with E-state index in [1.807, 2.05) is 54.6 Å². The van der Waals surface area contributed by atoms with Gasteiger partial charge in [-0.05, 0) is 72.3 Å². The maximum atomic E-state index is 6.49. The van der Waals surface area contributed by atoms with Crippen LogP contribution in [0.3, 0.4) is 0 Å². The minimum Gasteiger partial charge on any atom is -0.456 e. The van der Waals surface area contributed by atoms with Crippen molar-refractivity contribution in [2.45, 2.75) is 32.6 Å². The van der Waals surface area contributed by atoms with Gasteiger partial charge in [-0.15, -0.1) is 0 Å². The number of fused-ring (bicyclic) bond motifs is 4. The average Bonchev–Trinajstić information content (AvgIpc) is 3.62. The molecule has 0 saturated carbocycles. The number of furan rings is 1. The number of hydrogen-bond acceptors (Lipinski definition) is 4. The van der Waals surface area contributed by atoms with Gasteiger partial charge in [0.05, 0.1) is 0 Å². The van der Waals surface area contributed by atoms with Gasteiger partial charge in [0, 0.05) is 33.4 Å². The third kappa shape index (κ3) is 7.61. The Morgan fingerprint density at radius 1 is 0.750 bits per heavy atom. The third-order valence-electron chi connectivity index (χ3n) is 11.2. The lowest BCUT2D eigenvalue weighted by Crippen LogP contribution is -2.27. The highest BCUT2D eigenvalue weighted by Crippen LogP contribution is 2.46. The molecular formula is C52H47N3O. The largest absolute Gasteiger partial charge is 0.456 e. The Kier molecular flexibility index (Phi) is 10.8. The van der Waals surface area contributed by atoms with Gasteiger partial charge in [0.1, 0.15) is 11.2 Å². The molecular weight excluding hydrogens is 683 g/mol. The molecule has 0 fully saturated rings. The Labute approximate surface area is 330 Å². The second-order valence-electron chi connectivity index (χ2n) is 15.0. The summed E-state index contributed by atoms with van der Waals surface area (Å²) in [5, 5.41) is 2.06. The van der Waals surface area contributed by atoms with Crippen molar-refractivity contribution in [3.05, 3.63) is 201 Å². The van der Waals surface area contributed by atoms with Crippen molar-refractivity contribution in [2.75, 3.05) is 0 Å². The molecule has 4 heteroatoms. The van der Waals surface area contributed by atoms with E-state index in [2.05, 4.69) is 129 Å². The number of allylic oxidation sites excluding steroid dienone is 20. The molecule has 276 valence electrons. The number of rotatable bonds is 12. The van der Waals surface area contributed by atoms with Gasteiger partial charge >= 0.3 is 0 Å². The SMILES string of the molecule is C=C/C=C\C=C/CC1CC=C(c2nc(-c3ccccc3)nc(-c3c(C4=CCC(C)(C/C=C\C=C/C=C)C=C4)ccc4oc5ccccc5c34)n2)C2C=CC=CC12. The van der Waals surface area contributed by atoms with Gasteiger partial charge in [-0.2, -0.15) is 0 Å². The van der Waals surface area contributed by atoms with Crippen LogP contribution in [0.4, 0.5) is 0 Å². The summed E-state index contributed by atoms with van der Waals surface area (Å²) < 4.78 is 6.49. The van der Waals surface area contributed by atoms with Crippen LogP contribution in [0, 0.1) is 23.2 Å². The van der Waals surface area contributed by atoms with Crippen LogP contribution in [-0.4, -0.2) is 15.0 Å². The molecule has 8 rings (SSSR count). The molecule has 0 amide bonds. The molecule has 0 radical (unpaired) electrons. The fourth-order valence-corrected chi connectivity index (χ4v) is 8.23. The fourth-order valence-electron chi connectivity index (χ4n) is 8.23. The van der Waals surface area contributed by atoms with E-state index >= 15 is 0 Å². The van der Waals surface area contributed by atoms with Gasteiger partial charge in [-0.3, -0.25) is 0 Å². The highest BCUT2D eigenvalue weighted by molar-refractivity contribution is 6.14. The number of benzene rings is 3. The highest BCUT2D eigenvalue weighted by atomic mass is 16.3. The van der Waals surface area contributed by atoms with Gasteiger partial charge in [0.15, 0.2) is 17.5 Å². The smallest absolute Gasteiger partial charge is 0.165 e. The van der Waals surface area contributed by atoms with Crippen LogP contribution in [0.5, 0.6) is 0 Å². The summed E-state index contributed by atoms with van der Waals surface area (Å²) in [7, 11) is 0. The fraction of sp³-hybridized carbons (Fsp3) is 0.173. The van der Waals surface area contributed by atoms with Crippen molar-refractivity contribution in [3.63, 3.8) is 0 Å². The monoisotopic (exact) mass is 729 g/mol. The van der Waals surface area contributed by atoms with Crippen LogP contribution in [-0.2, 0) is 0 Å². The molecule has 56 heavy (non-hydrogen) atoms. The topological polar surface area (TPSA) is 51.8 Å². The summed E-state index contributed by atoms with van der Waals surface area (Å²) in [4.78, 5) is 16.0. The molecule has 4 nitrogen and oxygen atoms in total. The van der Waals surface area contributed by atoms with Crippen LogP contribution < -0.4 is 0 Å². The Morgan fingerprint density at radius 3 is 2.30 bits per heavy atom. The van der Waals surface area contributed by atoms with Gasteiger partial charge in [-0.1, -0.05) is 178 Å². The first kappa shape index (κ1) is 36.6. The summed E-state index contributed by atoms with van der Waals surface area (Å²) in [6.45, 7) is 9.88. The van der Waals surface area contributed by atoms with Crippen molar-refractivity contribution >= 4 is 33.1 Å². The van der Waals surface area contributed by atoms with E-state index in [1.54, 1.807) is 12.2 Å². The molecule has 3 aromatic carbocycles. The van der Waals surface area contributed by atoms with Crippen LogP contribution in [0.1, 0.15) is 44.0 Å². The second kappa shape index (κ2) is 16.5. The number of aromatic nitrogens is 3. The maximum Gasteiger partial charge on any atom is 0.165 e. The molecule has 4 atom stereocenters. The van der Waals surface area contributed by atoms with E-state index < -0.39 is 0 Å². The van der Waals surface area contributed by atoms with E-state index in [-0.39, 0.29) is 11.3 Å². The van der Waals surface area contributed by atoms with Gasteiger partial charge < -0.3 is 4.42 Å². The van der Waals surface area contributed by atoms with Gasteiger partial charge in [-0.25, -0.2) is 15.0 Å². The molecule has 4 unspecified atom stereocenters. The lowest BCUT2D eigenvalue weighted by molar-refractivity contribution is 0.346. The normalized spacial score (nSPS) is 22.1. The Bertz CT molecular complexity index is 2550. The number of para-hydroxylation sites is 1. The predicted octanol–water partition coefficient (Wildman–Crippen LogP) is 13.6. The molecule has 0 saturated heterocycles. The lowest BCUT2D eigenvalue weighted by atomic mass is 9.69. The van der Waals surface area contributed by atoms with E-state index in [4.69, 9.17) is 19.4 Å². The third-order valence-corrected chi connectivity index (χ3v) is 11.2. The summed E-state index contributed by atoms with van der Waals surface area (Å²) in [5.74, 6) is 2.99. The van der Waals surface area contributed by atoms with Crippen LogP contribution in [0.25, 0.3) is 55.9 Å². The zero-order chi connectivity index (χ0) is 38.3. The maximum absolute atomic E-state index is 6.49. The quantitative estimate of drug-likeness (QED) is 0.120. The molecule has 0 aliphatic heterocycles. The van der Waals surface area contributed by atoms with Crippen molar-refractivity contribution in [2.24, 2.45) is 23.2 Å². The molecule has 3 aliphatic rings. The van der Waals surface area contributed by atoms with Crippen LogP contribution >= 0.6 is 0 Å². The van der Waals surface area contributed by atoms with Crippen molar-refractivity contribution in [1.82, 2.24) is 15.0 Å². The zero-order valence-corrected chi connectivity index (χ0v) is 32.0. The van der Waals surface area contributed by atoms with E-state index in [0.717, 1.165) is 81.3 Å². The Morgan fingerprint density at radius 2 is 1.50 bits per heavy atom. The minimum atomic E-state index is 0.0112. The molecule has 0 N–H and O–H groups in total. The van der Waals surface area contributed by atoms with Gasteiger partial charge in [0.2, 0.25) is 0 Å². The standard InChI is InChI=1S/C52H47N3O/c1-4-6-8-10-13-21-37-28-29-43(42-25-17-16-24-40(37)42)50-53-49(39-22-14-12-15-23-39)54-51(55-50)48-41(30-31-46-47(48)44-26-18-19-27-45(44)56-46)38-32-35-52(3,36-33-38)34-20-11-9-7-5-2/h4-20,22-27,29-33,35,37,40,42H,1-2,21,28,34,36H2,3H3/b8-6-,9-7-,13-10-,20-11-. The Balaban J connectivity index is 1.27. The summed E-state index contributed by atoms with van der Waals surface area (Å²) in [6, 6.07) is 22.8. The van der Waals surface area contributed by atoms with Crippen molar-refractivity contribution in [3.8, 4) is 22.8 Å². The van der Waals surface area contributed by atoms with Gasteiger partial charge in [0.25, 0.3) is 0 Å². The first-order valence-corrected chi connectivity index (χ1v) is 19.6. The van der Waals surface area contributed by atoms with Crippen molar-refractivity contribution < 1.29 is 4.42 Å². The number of nitrogens with zero attached hydrogens (tertiary/aromatic N) is 3. The second-order valence-corrected chi connectivity index (χ2v) is 15.0. The summed E-state index contributed by atoms with van der Waals surface area (Å²) in [5.41, 5.74) is 6.96. The Hall–Kier alpha value is -6.39. The first-order chi connectivity index (χ1) is 27.5. The number of hydrogen-bond donors (Lipinski definition) is 0. The molecule has 0 spiro atoms. The van der Waals surface area contributed by atoms with Crippen LogP contribution in [0.2, 0.25) is 0 Å². The van der Waals surface area contributed by atoms with E-state index in [1.165, 1.54) is 0 Å². The minimum absolute atomic E-state index is 0.0112. The summed E-state index contributed by atoms with van der Waals surface area (Å²) >= 11 is 0. The molecule has 5 aromatic rings. The first-order valence-electron chi connectivity index (χ1n) is 19.6. The van der Waals surface area contributed by atoms with E-state index in [0.29, 0.717) is 23.5 Å². The predicted molar refractivity (Wildman–Crippen MR) is 235 cm³/mol. The lowest BCUT2D eigenvalue weighted by Gasteiger charge is -2.36. The molecule has 0 bridgehead atoms. The summed E-state index contributed by atoms with van der Waals surface area (Å²) in [6.07, 6.45) is 42.5. The molecule has 3 aliphatic carbocycles. The zero-order valence-electron chi connectivity index (χ0n) is 32.0.